The number of carbonyl (C=O) groups is 1. The highest BCUT2D eigenvalue weighted by atomic mass is 16.5. The van der Waals surface area contributed by atoms with Gasteiger partial charge in [0.2, 0.25) is 5.91 Å². The van der Waals surface area contributed by atoms with Gasteiger partial charge in [-0.3, -0.25) is 4.79 Å². The summed E-state index contributed by atoms with van der Waals surface area (Å²) in [6.45, 7) is 0.297. The number of carbonyl (C=O) groups excluding carboxylic acids is 1. The van der Waals surface area contributed by atoms with Crippen molar-refractivity contribution in [1.82, 2.24) is 5.32 Å². The van der Waals surface area contributed by atoms with Crippen LogP contribution in [-0.4, -0.2) is 30.3 Å². The molecule has 0 radical (unpaired) electrons. The number of hydrogen-bond donors (Lipinski definition) is 2. The Balaban J connectivity index is 1.74. The molecule has 4 nitrogen and oxygen atoms in total. The lowest BCUT2D eigenvalue weighted by Crippen LogP contribution is -2.42. The van der Waals surface area contributed by atoms with Gasteiger partial charge in [0.05, 0.1) is 12.7 Å². The molecule has 0 bridgehead atoms. The van der Waals surface area contributed by atoms with Crippen LogP contribution >= 0.6 is 0 Å². The molecule has 4 heteroatoms. The molecular weight excluding hydrogens is 266 g/mol. The zero-order chi connectivity index (χ0) is 15.1. The third-order valence-electron chi connectivity index (χ3n) is 3.80. The van der Waals surface area contributed by atoms with E-state index in [1.165, 1.54) is 0 Å². The van der Waals surface area contributed by atoms with Gasteiger partial charge >= 0.3 is 0 Å². The molecule has 21 heavy (non-hydrogen) atoms. The number of aliphatic hydroxyl groups is 1. The third kappa shape index (κ3) is 4.90. The fourth-order valence-electron chi connectivity index (χ4n) is 2.45. The van der Waals surface area contributed by atoms with E-state index in [2.05, 4.69) is 5.32 Å². The van der Waals surface area contributed by atoms with Crippen LogP contribution in [-0.2, 0) is 11.2 Å². The zero-order valence-electron chi connectivity index (χ0n) is 12.5. The van der Waals surface area contributed by atoms with Gasteiger partial charge in [0.15, 0.2) is 0 Å². The van der Waals surface area contributed by atoms with E-state index in [1.54, 1.807) is 13.2 Å². The summed E-state index contributed by atoms with van der Waals surface area (Å²) in [5.74, 6) is 0.785. The molecule has 0 heterocycles. The van der Waals surface area contributed by atoms with Crippen molar-refractivity contribution in [2.24, 2.45) is 0 Å². The van der Waals surface area contributed by atoms with E-state index in [4.69, 9.17) is 4.74 Å². The van der Waals surface area contributed by atoms with E-state index in [0.717, 1.165) is 24.2 Å². The van der Waals surface area contributed by atoms with Crippen molar-refractivity contribution >= 4 is 5.91 Å². The maximum absolute atomic E-state index is 11.9. The Kier molecular flexibility index (Phi) is 5.39. The molecule has 0 saturated carbocycles. The maximum atomic E-state index is 11.9. The van der Waals surface area contributed by atoms with Crippen LogP contribution in [0.3, 0.4) is 0 Å². The molecule has 1 aromatic carbocycles. The molecule has 0 aromatic heterocycles. The molecule has 2 N–H and O–H groups in total. The Morgan fingerprint density at radius 2 is 2.14 bits per heavy atom. The quantitative estimate of drug-likeness (QED) is 0.789. The molecule has 1 aliphatic rings. The van der Waals surface area contributed by atoms with Crippen LogP contribution < -0.4 is 10.1 Å². The standard InChI is InChI=1S/C17H23NO3/c1-21-15-8-5-14(6-9-15)7-10-16(19)18-13-17(20)11-3-2-4-12-17/h3,5-6,8-9,11,20H,2,4,7,10,12-13H2,1H3,(H,18,19). The van der Waals surface area contributed by atoms with Crippen molar-refractivity contribution in [3.63, 3.8) is 0 Å². The van der Waals surface area contributed by atoms with Crippen molar-refractivity contribution in [2.75, 3.05) is 13.7 Å². The number of nitrogens with one attached hydrogen (secondary N) is 1. The fourth-order valence-corrected chi connectivity index (χ4v) is 2.45. The number of allylic oxidation sites excluding steroid dienone is 1. The van der Waals surface area contributed by atoms with Crippen LogP contribution in [0.5, 0.6) is 5.75 Å². The second-order valence-electron chi connectivity index (χ2n) is 5.52. The van der Waals surface area contributed by atoms with E-state index >= 15 is 0 Å². The average Bonchev–Trinajstić information content (AvgIpc) is 2.52. The third-order valence-corrected chi connectivity index (χ3v) is 3.80. The summed E-state index contributed by atoms with van der Waals surface area (Å²) in [5, 5.41) is 13.1. The molecule has 1 aromatic rings. The molecule has 0 aliphatic heterocycles. The molecule has 0 spiro atoms. The van der Waals surface area contributed by atoms with Crippen molar-refractivity contribution in [3.05, 3.63) is 42.0 Å². The highest BCUT2D eigenvalue weighted by molar-refractivity contribution is 5.76. The minimum absolute atomic E-state index is 0.0294. The number of rotatable bonds is 6. The first-order chi connectivity index (χ1) is 10.1. The van der Waals surface area contributed by atoms with Crippen molar-refractivity contribution in [2.45, 2.75) is 37.7 Å². The first kappa shape index (κ1) is 15.6. The first-order valence-electron chi connectivity index (χ1n) is 7.41. The Hall–Kier alpha value is -1.81. The minimum atomic E-state index is -0.867. The lowest BCUT2D eigenvalue weighted by Gasteiger charge is -2.27. The van der Waals surface area contributed by atoms with E-state index in [-0.39, 0.29) is 5.91 Å². The van der Waals surface area contributed by atoms with Crippen molar-refractivity contribution < 1.29 is 14.6 Å². The molecular formula is C17H23NO3. The fraction of sp³-hybridized carbons (Fsp3) is 0.471. The first-order valence-corrected chi connectivity index (χ1v) is 7.41. The minimum Gasteiger partial charge on any atom is -0.497 e. The summed E-state index contributed by atoms with van der Waals surface area (Å²) in [6.07, 6.45) is 7.58. The predicted octanol–water partition coefficient (Wildman–Crippen LogP) is 2.22. The second-order valence-corrected chi connectivity index (χ2v) is 5.52. The molecule has 0 saturated heterocycles. The van der Waals surface area contributed by atoms with Gasteiger partial charge in [0, 0.05) is 13.0 Å². The van der Waals surface area contributed by atoms with Gasteiger partial charge in [-0.2, -0.15) is 0 Å². The topological polar surface area (TPSA) is 58.6 Å². The monoisotopic (exact) mass is 289 g/mol. The zero-order valence-corrected chi connectivity index (χ0v) is 12.5. The van der Waals surface area contributed by atoms with Gasteiger partial charge in [-0.1, -0.05) is 24.3 Å². The lowest BCUT2D eigenvalue weighted by atomic mass is 9.91. The summed E-state index contributed by atoms with van der Waals surface area (Å²) < 4.78 is 5.10. The van der Waals surface area contributed by atoms with E-state index in [1.807, 2.05) is 30.3 Å². The number of hydrogen-bond acceptors (Lipinski definition) is 3. The molecule has 1 aliphatic carbocycles. The summed E-state index contributed by atoms with van der Waals surface area (Å²) in [4.78, 5) is 11.9. The van der Waals surface area contributed by atoms with Crippen LogP contribution in [0.2, 0.25) is 0 Å². The predicted molar refractivity (Wildman–Crippen MR) is 82.3 cm³/mol. The Morgan fingerprint density at radius 3 is 2.76 bits per heavy atom. The van der Waals surface area contributed by atoms with Gasteiger partial charge in [-0.25, -0.2) is 0 Å². The SMILES string of the molecule is COc1ccc(CCC(=O)NCC2(O)C=CCCC2)cc1. The van der Waals surface area contributed by atoms with Crippen molar-refractivity contribution in [1.29, 1.82) is 0 Å². The van der Waals surface area contributed by atoms with Crippen molar-refractivity contribution in [3.8, 4) is 5.75 Å². The summed E-state index contributed by atoms with van der Waals surface area (Å²) in [6, 6.07) is 7.71. The Morgan fingerprint density at radius 1 is 1.38 bits per heavy atom. The van der Waals surface area contributed by atoms with Crippen LogP contribution in [0.4, 0.5) is 0 Å². The van der Waals surface area contributed by atoms with E-state index in [9.17, 15) is 9.90 Å². The highest BCUT2D eigenvalue weighted by Crippen LogP contribution is 2.21. The van der Waals surface area contributed by atoms with Crippen LogP contribution in [0, 0.1) is 0 Å². The van der Waals surface area contributed by atoms with Crippen LogP contribution in [0.1, 0.15) is 31.2 Å². The number of amides is 1. The van der Waals surface area contributed by atoms with Gasteiger partial charge in [0.25, 0.3) is 0 Å². The average molecular weight is 289 g/mol. The number of ether oxygens (including phenoxy) is 1. The number of methoxy groups -OCH3 is 1. The smallest absolute Gasteiger partial charge is 0.220 e. The van der Waals surface area contributed by atoms with Gasteiger partial charge < -0.3 is 15.2 Å². The maximum Gasteiger partial charge on any atom is 0.220 e. The summed E-state index contributed by atoms with van der Waals surface area (Å²) >= 11 is 0. The number of aryl methyl sites for hydroxylation is 1. The van der Waals surface area contributed by atoms with Gasteiger partial charge in [-0.05, 0) is 43.4 Å². The highest BCUT2D eigenvalue weighted by Gasteiger charge is 2.25. The molecule has 1 atom stereocenters. The van der Waals surface area contributed by atoms with Crippen LogP contribution in [0.25, 0.3) is 0 Å². The Labute approximate surface area is 125 Å². The molecule has 1 amide bonds. The largest absolute Gasteiger partial charge is 0.497 e. The lowest BCUT2D eigenvalue weighted by molar-refractivity contribution is -0.122. The second kappa shape index (κ2) is 7.27. The van der Waals surface area contributed by atoms with Gasteiger partial charge in [0.1, 0.15) is 5.75 Å². The number of benzene rings is 1. The summed E-state index contributed by atoms with van der Waals surface area (Å²) in [5.41, 5.74) is 0.232. The van der Waals surface area contributed by atoms with E-state index < -0.39 is 5.60 Å². The summed E-state index contributed by atoms with van der Waals surface area (Å²) in [7, 11) is 1.63. The van der Waals surface area contributed by atoms with Gasteiger partial charge in [-0.15, -0.1) is 0 Å². The molecule has 0 fully saturated rings. The normalized spacial score (nSPS) is 21.0. The Bertz CT molecular complexity index is 495. The van der Waals surface area contributed by atoms with E-state index in [0.29, 0.717) is 25.8 Å². The molecule has 114 valence electrons. The molecule has 2 rings (SSSR count). The molecule has 1 unspecified atom stereocenters. The van der Waals surface area contributed by atoms with Crippen LogP contribution in [0.15, 0.2) is 36.4 Å².